The lowest BCUT2D eigenvalue weighted by molar-refractivity contribution is -0.101. The van der Waals surface area contributed by atoms with Crippen LogP contribution in [0.25, 0.3) is 0 Å². The smallest absolute Gasteiger partial charge is 0.122 e. The van der Waals surface area contributed by atoms with E-state index in [2.05, 4.69) is 20.8 Å². The van der Waals surface area contributed by atoms with Crippen LogP contribution in [0.1, 0.15) is 18.4 Å². The molecule has 0 saturated carbocycles. The molecule has 2 aliphatic rings. The van der Waals surface area contributed by atoms with E-state index in [1.54, 1.807) is 7.11 Å². The molecule has 3 atom stereocenters. The Hall–Kier alpha value is -0.620. The van der Waals surface area contributed by atoms with Crippen molar-refractivity contribution in [3.05, 3.63) is 28.2 Å². The molecule has 21 heavy (non-hydrogen) atoms. The van der Waals surface area contributed by atoms with E-state index in [4.69, 9.17) is 9.47 Å². The molecule has 2 saturated heterocycles. The third kappa shape index (κ3) is 3.42. The van der Waals surface area contributed by atoms with Crippen LogP contribution < -0.4 is 4.74 Å². The molecule has 3 rings (SSSR count). The Balaban J connectivity index is 1.66. The van der Waals surface area contributed by atoms with Gasteiger partial charge in [0.05, 0.1) is 25.9 Å². The molecule has 5 heteroatoms. The quantitative estimate of drug-likeness (QED) is 0.899. The highest BCUT2D eigenvalue weighted by molar-refractivity contribution is 9.10. The predicted molar refractivity (Wildman–Crippen MR) is 84.7 cm³/mol. The highest BCUT2D eigenvalue weighted by Gasteiger charge is 2.35. The van der Waals surface area contributed by atoms with Gasteiger partial charge in [-0.15, -0.1) is 0 Å². The maximum Gasteiger partial charge on any atom is 0.122 e. The van der Waals surface area contributed by atoms with Gasteiger partial charge in [0, 0.05) is 23.5 Å². The summed E-state index contributed by atoms with van der Waals surface area (Å²) in [5.74, 6) is 0.812. The second-order valence-corrected chi connectivity index (χ2v) is 6.81. The molecule has 1 aromatic rings. The number of halogens is 1. The minimum absolute atomic E-state index is 0.108. The molecular weight excluding hydrogens is 334 g/mol. The summed E-state index contributed by atoms with van der Waals surface area (Å²) in [6, 6.07) is 6.43. The van der Waals surface area contributed by atoms with Gasteiger partial charge in [0.1, 0.15) is 5.75 Å². The number of hydrogen-bond acceptors (Lipinski definition) is 4. The van der Waals surface area contributed by atoms with Gasteiger partial charge in [0.15, 0.2) is 0 Å². The van der Waals surface area contributed by atoms with Crippen molar-refractivity contribution < 1.29 is 14.6 Å². The van der Waals surface area contributed by atoms with Gasteiger partial charge >= 0.3 is 0 Å². The number of ether oxygens (including phenoxy) is 2. The summed E-state index contributed by atoms with van der Waals surface area (Å²) in [7, 11) is 1.66. The SMILES string of the molecule is COc1ccc(Br)cc1CC(O)C1CN2CCCC2CO1. The molecule has 4 nitrogen and oxygen atoms in total. The predicted octanol–water partition coefficient (Wildman–Crippen LogP) is 2.22. The normalized spacial score (nSPS) is 27.4. The minimum atomic E-state index is -0.505. The standard InChI is InChI=1S/C16H22BrNO3/c1-20-15-5-4-12(17)7-11(15)8-14(19)16-9-18-6-2-3-13(18)10-21-16/h4-5,7,13-14,16,19H,2-3,6,8-10H2,1H3. The third-order valence-electron chi connectivity index (χ3n) is 4.52. The van der Waals surface area contributed by atoms with Crippen LogP contribution in [-0.4, -0.2) is 55.1 Å². The van der Waals surface area contributed by atoms with E-state index in [1.807, 2.05) is 18.2 Å². The summed E-state index contributed by atoms with van der Waals surface area (Å²) in [4.78, 5) is 2.45. The Morgan fingerprint density at radius 2 is 2.38 bits per heavy atom. The molecule has 2 aliphatic heterocycles. The van der Waals surface area contributed by atoms with E-state index in [0.717, 1.165) is 35.5 Å². The lowest BCUT2D eigenvalue weighted by atomic mass is 10.0. The number of rotatable bonds is 4. The van der Waals surface area contributed by atoms with Gasteiger partial charge in [-0.25, -0.2) is 0 Å². The number of methoxy groups -OCH3 is 1. The molecule has 2 heterocycles. The van der Waals surface area contributed by atoms with Crippen molar-refractivity contribution in [1.82, 2.24) is 4.90 Å². The Labute approximate surface area is 134 Å². The first-order valence-corrected chi connectivity index (χ1v) is 8.33. The van der Waals surface area contributed by atoms with Crippen molar-refractivity contribution in [2.24, 2.45) is 0 Å². The van der Waals surface area contributed by atoms with E-state index in [9.17, 15) is 5.11 Å². The number of aliphatic hydroxyl groups is 1. The van der Waals surface area contributed by atoms with Crippen molar-refractivity contribution in [2.45, 2.75) is 37.5 Å². The van der Waals surface area contributed by atoms with Crippen molar-refractivity contribution >= 4 is 15.9 Å². The monoisotopic (exact) mass is 355 g/mol. The topological polar surface area (TPSA) is 41.9 Å². The van der Waals surface area contributed by atoms with Crippen LogP contribution in [-0.2, 0) is 11.2 Å². The van der Waals surface area contributed by atoms with Crippen LogP contribution in [0, 0.1) is 0 Å². The third-order valence-corrected chi connectivity index (χ3v) is 5.01. The van der Waals surface area contributed by atoms with Crippen molar-refractivity contribution in [2.75, 3.05) is 26.8 Å². The second-order valence-electron chi connectivity index (χ2n) is 5.89. The first-order chi connectivity index (χ1) is 10.2. The molecule has 116 valence electrons. The van der Waals surface area contributed by atoms with E-state index >= 15 is 0 Å². The van der Waals surface area contributed by atoms with Crippen LogP contribution in [0.5, 0.6) is 5.75 Å². The molecular formula is C16H22BrNO3. The fourth-order valence-electron chi connectivity index (χ4n) is 3.34. The summed E-state index contributed by atoms with van der Waals surface area (Å²) in [5, 5.41) is 10.5. The molecule has 3 unspecified atom stereocenters. The molecule has 2 fully saturated rings. The number of fused-ring (bicyclic) bond motifs is 1. The zero-order valence-corrected chi connectivity index (χ0v) is 13.9. The Morgan fingerprint density at radius 1 is 1.52 bits per heavy atom. The molecule has 1 N–H and O–H groups in total. The number of hydrogen-bond donors (Lipinski definition) is 1. The summed E-state index contributed by atoms with van der Waals surface area (Å²) in [6.45, 7) is 2.72. The number of benzene rings is 1. The zero-order chi connectivity index (χ0) is 14.8. The zero-order valence-electron chi connectivity index (χ0n) is 12.3. The van der Waals surface area contributed by atoms with E-state index in [1.165, 1.54) is 12.8 Å². The summed E-state index contributed by atoms with van der Waals surface area (Å²) < 4.78 is 12.3. The van der Waals surface area contributed by atoms with Gasteiger partial charge in [-0.3, -0.25) is 4.90 Å². The molecule has 0 aromatic heterocycles. The van der Waals surface area contributed by atoms with Crippen molar-refractivity contribution in [3.63, 3.8) is 0 Å². The Bertz CT molecular complexity index is 496. The van der Waals surface area contributed by atoms with Crippen LogP contribution in [0.2, 0.25) is 0 Å². The van der Waals surface area contributed by atoms with Gasteiger partial charge in [-0.2, -0.15) is 0 Å². The highest BCUT2D eigenvalue weighted by Crippen LogP contribution is 2.28. The summed E-state index contributed by atoms with van der Waals surface area (Å²) in [5.41, 5.74) is 1.01. The first-order valence-electron chi connectivity index (χ1n) is 7.53. The van der Waals surface area contributed by atoms with Crippen LogP contribution in [0.4, 0.5) is 0 Å². The molecule has 1 aromatic carbocycles. The molecule has 0 radical (unpaired) electrons. The molecule has 0 spiro atoms. The number of aliphatic hydroxyl groups excluding tert-OH is 1. The van der Waals surface area contributed by atoms with Gasteiger partial charge in [0.2, 0.25) is 0 Å². The fourth-order valence-corrected chi connectivity index (χ4v) is 3.75. The molecule has 0 aliphatic carbocycles. The van der Waals surface area contributed by atoms with Crippen molar-refractivity contribution in [3.8, 4) is 5.75 Å². The van der Waals surface area contributed by atoms with Gasteiger partial charge in [0.25, 0.3) is 0 Å². The molecule has 0 bridgehead atoms. The number of nitrogens with zero attached hydrogens (tertiary/aromatic N) is 1. The summed E-state index contributed by atoms with van der Waals surface area (Å²) >= 11 is 3.47. The first kappa shape index (κ1) is 15.3. The fraction of sp³-hybridized carbons (Fsp3) is 0.625. The maximum atomic E-state index is 10.5. The Morgan fingerprint density at radius 3 is 3.19 bits per heavy atom. The van der Waals surface area contributed by atoms with Crippen LogP contribution >= 0.6 is 15.9 Å². The second kappa shape index (κ2) is 6.65. The average molecular weight is 356 g/mol. The van der Waals surface area contributed by atoms with Crippen LogP contribution in [0.3, 0.4) is 0 Å². The van der Waals surface area contributed by atoms with Gasteiger partial charge < -0.3 is 14.6 Å². The number of morpholine rings is 1. The largest absolute Gasteiger partial charge is 0.496 e. The van der Waals surface area contributed by atoms with Gasteiger partial charge in [-0.1, -0.05) is 15.9 Å². The lowest BCUT2D eigenvalue weighted by Gasteiger charge is -2.37. The van der Waals surface area contributed by atoms with E-state index < -0.39 is 6.10 Å². The van der Waals surface area contributed by atoms with E-state index in [-0.39, 0.29) is 6.10 Å². The Kier molecular flexibility index (Phi) is 4.84. The van der Waals surface area contributed by atoms with E-state index in [0.29, 0.717) is 12.5 Å². The maximum absolute atomic E-state index is 10.5. The van der Waals surface area contributed by atoms with Crippen LogP contribution in [0.15, 0.2) is 22.7 Å². The summed E-state index contributed by atoms with van der Waals surface area (Å²) in [6.07, 6.45) is 2.41. The molecule has 0 amide bonds. The minimum Gasteiger partial charge on any atom is -0.496 e. The lowest BCUT2D eigenvalue weighted by Crippen LogP contribution is -2.50. The average Bonchev–Trinajstić information content (AvgIpc) is 2.94. The highest BCUT2D eigenvalue weighted by atomic mass is 79.9. The van der Waals surface area contributed by atoms with Gasteiger partial charge in [-0.05, 0) is 43.1 Å². The van der Waals surface area contributed by atoms with Crippen molar-refractivity contribution in [1.29, 1.82) is 0 Å².